The number of benzene rings is 1. The number of likely N-dealkylation sites (N-methyl/N-ethyl adjacent to an activating group) is 2. The molecule has 3 aromatic rings. The third-order valence-electron chi connectivity index (χ3n) is 4.42. The SMILES string of the molecule is COc1cccc(-c2cc3cnc(N)cc3c(N(C)CCN(C)C)n2)c1F. The lowest BCUT2D eigenvalue weighted by molar-refractivity contribution is 0.387. The molecule has 2 heterocycles. The highest BCUT2D eigenvalue weighted by Gasteiger charge is 2.16. The molecular formula is C20H24FN5O. The van der Waals surface area contributed by atoms with Gasteiger partial charge in [-0.2, -0.15) is 0 Å². The number of halogens is 1. The Morgan fingerprint density at radius 1 is 1.15 bits per heavy atom. The van der Waals surface area contributed by atoms with Crippen LogP contribution in [-0.2, 0) is 0 Å². The lowest BCUT2D eigenvalue weighted by atomic mass is 10.1. The molecular weight excluding hydrogens is 345 g/mol. The summed E-state index contributed by atoms with van der Waals surface area (Å²) in [5.41, 5.74) is 6.79. The average Bonchev–Trinajstić information content (AvgIpc) is 2.65. The molecule has 0 atom stereocenters. The van der Waals surface area contributed by atoms with Crippen LogP contribution in [0.5, 0.6) is 5.75 Å². The van der Waals surface area contributed by atoms with Gasteiger partial charge >= 0.3 is 0 Å². The van der Waals surface area contributed by atoms with Crippen LogP contribution in [-0.4, -0.2) is 56.2 Å². The largest absolute Gasteiger partial charge is 0.494 e. The smallest absolute Gasteiger partial charge is 0.174 e. The molecule has 0 saturated heterocycles. The van der Waals surface area contributed by atoms with Gasteiger partial charge in [0.2, 0.25) is 0 Å². The molecule has 27 heavy (non-hydrogen) atoms. The molecule has 0 saturated carbocycles. The van der Waals surface area contributed by atoms with Crippen LogP contribution in [0.1, 0.15) is 0 Å². The fraction of sp³-hybridized carbons (Fsp3) is 0.300. The van der Waals surface area contributed by atoms with E-state index in [1.807, 2.05) is 32.1 Å². The number of nitrogen functional groups attached to an aromatic ring is 1. The first-order valence-electron chi connectivity index (χ1n) is 8.65. The van der Waals surface area contributed by atoms with Crippen LogP contribution >= 0.6 is 0 Å². The number of ether oxygens (including phenoxy) is 1. The van der Waals surface area contributed by atoms with E-state index in [0.29, 0.717) is 17.1 Å². The van der Waals surface area contributed by atoms with Gasteiger partial charge in [-0.1, -0.05) is 6.07 Å². The zero-order valence-corrected chi connectivity index (χ0v) is 16.0. The predicted molar refractivity (Wildman–Crippen MR) is 108 cm³/mol. The van der Waals surface area contributed by atoms with Gasteiger partial charge in [0.15, 0.2) is 11.6 Å². The number of anilines is 2. The van der Waals surface area contributed by atoms with Gasteiger partial charge < -0.3 is 20.3 Å². The van der Waals surface area contributed by atoms with Gasteiger partial charge in [0.05, 0.1) is 12.8 Å². The van der Waals surface area contributed by atoms with Crippen molar-refractivity contribution in [3.63, 3.8) is 0 Å². The van der Waals surface area contributed by atoms with E-state index in [2.05, 4.69) is 9.88 Å². The van der Waals surface area contributed by atoms with E-state index in [1.54, 1.807) is 30.5 Å². The van der Waals surface area contributed by atoms with Crippen molar-refractivity contribution in [3.8, 4) is 17.0 Å². The van der Waals surface area contributed by atoms with E-state index < -0.39 is 5.82 Å². The highest BCUT2D eigenvalue weighted by atomic mass is 19.1. The summed E-state index contributed by atoms with van der Waals surface area (Å²) < 4.78 is 19.9. The Morgan fingerprint density at radius 2 is 1.93 bits per heavy atom. The van der Waals surface area contributed by atoms with E-state index in [4.69, 9.17) is 15.5 Å². The fourth-order valence-corrected chi connectivity index (χ4v) is 2.90. The van der Waals surface area contributed by atoms with Crippen LogP contribution in [0.2, 0.25) is 0 Å². The van der Waals surface area contributed by atoms with E-state index in [1.165, 1.54) is 7.11 Å². The van der Waals surface area contributed by atoms with Crippen LogP contribution < -0.4 is 15.4 Å². The van der Waals surface area contributed by atoms with Crippen LogP contribution in [0.15, 0.2) is 36.5 Å². The normalized spacial score (nSPS) is 11.2. The first-order valence-corrected chi connectivity index (χ1v) is 8.65. The summed E-state index contributed by atoms with van der Waals surface area (Å²) in [5, 5.41) is 1.74. The molecule has 0 amide bonds. The minimum absolute atomic E-state index is 0.187. The van der Waals surface area contributed by atoms with E-state index in [9.17, 15) is 4.39 Å². The lowest BCUT2D eigenvalue weighted by Crippen LogP contribution is -2.29. The van der Waals surface area contributed by atoms with Crippen molar-refractivity contribution >= 4 is 22.4 Å². The summed E-state index contributed by atoms with van der Waals surface area (Å²) in [7, 11) is 7.45. The Morgan fingerprint density at radius 3 is 2.63 bits per heavy atom. The molecule has 1 aromatic carbocycles. The Hall–Kier alpha value is -2.93. The second-order valence-electron chi connectivity index (χ2n) is 6.71. The van der Waals surface area contributed by atoms with Crippen molar-refractivity contribution in [3.05, 3.63) is 42.3 Å². The first kappa shape index (κ1) is 18.8. The second kappa shape index (κ2) is 7.75. The van der Waals surface area contributed by atoms with Gasteiger partial charge in [-0.25, -0.2) is 14.4 Å². The minimum Gasteiger partial charge on any atom is -0.494 e. The summed E-state index contributed by atoms with van der Waals surface area (Å²) in [6.45, 7) is 1.62. The molecule has 142 valence electrons. The number of rotatable bonds is 6. The number of pyridine rings is 2. The van der Waals surface area contributed by atoms with Crippen LogP contribution in [0.4, 0.5) is 16.0 Å². The predicted octanol–water partition coefficient (Wildman–Crippen LogP) is 3.02. The Labute approximate surface area is 158 Å². The molecule has 0 spiro atoms. The lowest BCUT2D eigenvalue weighted by Gasteiger charge is -2.23. The molecule has 0 fully saturated rings. The third-order valence-corrected chi connectivity index (χ3v) is 4.42. The quantitative estimate of drug-likeness (QED) is 0.720. The zero-order valence-electron chi connectivity index (χ0n) is 16.0. The summed E-state index contributed by atoms with van der Waals surface area (Å²) in [6, 6.07) is 8.66. The van der Waals surface area contributed by atoms with Gasteiger partial charge in [-0.05, 0) is 38.4 Å². The Kier molecular flexibility index (Phi) is 5.41. The van der Waals surface area contributed by atoms with Gasteiger partial charge in [0.25, 0.3) is 0 Å². The van der Waals surface area contributed by atoms with Crippen molar-refractivity contribution < 1.29 is 9.13 Å². The van der Waals surface area contributed by atoms with E-state index in [-0.39, 0.29) is 5.75 Å². The summed E-state index contributed by atoms with van der Waals surface area (Å²) in [5.74, 6) is 0.914. The summed E-state index contributed by atoms with van der Waals surface area (Å²) in [4.78, 5) is 13.1. The molecule has 0 radical (unpaired) electrons. The molecule has 2 aromatic heterocycles. The molecule has 7 heteroatoms. The number of nitrogens with zero attached hydrogens (tertiary/aromatic N) is 4. The maximum absolute atomic E-state index is 14.8. The fourth-order valence-electron chi connectivity index (χ4n) is 2.90. The standard InChI is InChI=1S/C20H24FN5O/c1-25(2)8-9-26(3)20-15-11-18(22)23-12-13(15)10-16(24-20)14-6-5-7-17(27-4)19(14)21/h5-7,10-12H,8-9H2,1-4H3,(H2,22,23). The van der Waals surface area contributed by atoms with Gasteiger partial charge in [-0.15, -0.1) is 0 Å². The summed E-state index contributed by atoms with van der Waals surface area (Å²) in [6.07, 6.45) is 1.69. The maximum atomic E-state index is 14.8. The molecule has 0 unspecified atom stereocenters. The topological polar surface area (TPSA) is 67.5 Å². The van der Waals surface area contributed by atoms with E-state index >= 15 is 0 Å². The molecule has 3 rings (SSSR count). The molecule has 2 N–H and O–H groups in total. The number of fused-ring (bicyclic) bond motifs is 1. The highest BCUT2D eigenvalue weighted by molar-refractivity contribution is 5.95. The summed E-state index contributed by atoms with van der Waals surface area (Å²) >= 11 is 0. The van der Waals surface area contributed by atoms with Crippen molar-refractivity contribution in [2.45, 2.75) is 0 Å². The molecule has 6 nitrogen and oxygen atoms in total. The van der Waals surface area contributed by atoms with Gasteiger partial charge in [-0.3, -0.25) is 0 Å². The number of aromatic nitrogens is 2. The van der Waals surface area contributed by atoms with Crippen LogP contribution in [0.25, 0.3) is 22.0 Å². The van der Waals surface area contributed by atoms with Crippen LogP contribution in [0, 0.1) is 5.82 Å². The Balaban J connectivity index is 2.17. The number of nitrogens with two attached hydrogens (primary N) is 1. The number of methoxy groups -OCH3 is 1. The number of hydrogen-bond donors (Lipinski definition) is 1. The van der Waals surface area contributed by atoms with Crippen molar-refractivity contribution in [2.24, 2.45) is 0 Å². The number of hydrogen-bond acceptors (Lipinski definition) is 6. The molecule has 0 aliphatic carbocycles. The van der Waals surface area contributed by atoms with Crippen molar-refractivity contribution in [1.29, 1.82) is 0 Å². The zero-order chi connectivity index (χ0) is 19.6. The average molecular weight is 369 g/mol. The Bertz CT molecular complexity index is 961. The highest BCUT2D eigenvalue weighted by Crippen LogP contribution is 2.33. The minimum atomic E-state index is -0.433. The van der Waals surface area contributed by atoms with Gasteiger partial charge in [0, 0.05) is 42.7 Å². The molecule has 0 aliphatic heterocycles. The van der Waals surface area contributed by atoms with Crippen molar-refractivity contribution in [2.75, 3.05) is 52.0 Å². The third kappa shape index (κ3) is 3.93. The van der Waals surface area contributed by atoms with Gasteiger partial charge in [0.1, 0.15) is 11.6 Å². The first-order chi connectivity index (χ1) is 12.9. The maximum Gasteiger partial charge on any atom is 0.174 e. The van der Waals surface area contributed by atoms with E-state index in [0.717, 1.165) is 29.7 Å². The molecule has 0 aliphatic rings. The monoisotopic (exact) mass is 369 g/mol. The second-order valence-corrected chi connectivity index (χ2v) is 6.71. The van der Waals surface area contributed by atoms with Crippen molar-refractivity contribution in [1.82, 2.24) is 14.9 Å². The molecule has 0 bridgehead atoms. The van der Waals surface area contributed by atoms with Crippen LogP contribution in [0.3, 0.4) is 0 Å².